The lowest BCUT2D eigenvalue weighted by Crippen LogP contribution is -2.52. The number of hydrogen-bond donors (Lipinski definition) is 0. The molecule has 0 unspecified atom stereocenters. The predicted molar refractivity (Wildman–Crippen MR) is 533 cm³/mol. The van der Waals surface area contributed by atoms with Crippen LogP contribution in [0.15, 0.2) is 36.4 Å². The average molecular weight is 1650 g/mol. The van der Waals surface area contributed by atoms with Gasteiger partial charge in [0, 0.05) is 5.41 Å². The van der Waals surface area contributed by atoms with E-state index in [-0.39, 0.29) is 42.1 Å². The minimum Gasteiger partial charge on any atom is -0.399 e. The van der Waals surface area contributed by atoms with Gasteiger partial charge in [-0.15, -0.1) is 0 Å². The largest absolute Gasteiger partial charge is 0.494 e. The normalized spacial score (nSPS) is 15.7. The molecule has 0 aromatic heterocycles. The third-order valence-electron chi connectivity index (χ3n) is 30.3. The summed E-state index contributed by atoms with van der Waals surface area (Å²) in [7, 11) is -0.727. The highest BCUT2D eigenvalue weighted by molar-refractivity contribution is 6.62. The molecule has 0 bridgehead atoms. The molecule has 119 heavy (non-hydrogen) atoms. The minimum absolute atomic E-state index is 0.128. The fourth-order valence-electron chi connectivity index (χ4n) is 22.6. The van der Waals surface area contributed by atoms with Gasteiger partial charge in [0.25, 0.3) is 0 Å². The van der Waals surface area contributed by atoms with Crippen molar-refractivity contribution < 1.29 is 18.6 Å². The molecule has 2 saturated heterocycles. The van der Waals surface area contributed by atoms with Crippen molar-refractivity contribution >= 4 is 25.2 Å². The summed E-state index contributed by atoms with van der Waals surface area (Å²) in [5.41, 5.74) is 7.49. The monoisotopic (exact) mass is 1650 g/mol. The van der Waals surface area contributed by atoms with Crippen LogP contribution in [0.3, 0.4) is 0 Å². The van der Waals surface area contributed by atoms with Gasteiger partial charge in [0.2, 0.25) is 0 Å². The predicted octanol–water partition coefficient (Wildman–Crippen LogP) is 38.1. The van der Waals surface area contributed by atoms with E-state index in [1.807, 2.05) is 0 Å². The van der Waals surface area contributed by atoms with Gasteiger partial charge in [-0.05, 0) is 97.4 Å². The van der Waals surface area contributed by atoms with Crippen molar-refractivity contribution in [1.82, 2.24) is 0 Å². The maximum absolute atomic E-state index is 8.41. The van der Waals surface area contributed by atoms with Gasteiger partial charge in [-0.3, -0.25) is 0 Å². The van der Waals surface area contributed by atoms with Crippen LogP contribution >= 0.6 is 0 Å². The molecule has 2 fully saturated rings. The molecule has 6 heteroatoms. The number of unbranched alkanes of at least 4 members (excludes halogenated alkanes) is 66. The number of hydrogen-bond acceptors (Lipinski definition) is 4. The van der Waals surface area contributed by atoms with Crippen LogP contribution in [0, 0.1) is 0 Å². The van der Waals surface area contributed by atoms with Crippen molar-refractivity contribution in [3.63, 3.8) is 0 Å². The minimum atomic E-state index is -0.364. The van der Waals surface area contributed by atoms with Gasteiger partial charge in [0.1, 0.15) is 0 Å². The first-order chi connectivity index (χ1) is 58.7. The second-order valence-corrected chi connectivity index (χ2v) is 40.6. The standard InChI is InChI=1S/C113H208B2O4/c1-11-21-31-41-51-59-69-79-93-110(94-80-70-60-52-42-32-22-12-2)111(95-81-71-61-53-43-33-23-13-3,96-82-72-62-54-44-34-24-14-4)117-114(116-110)103-87-89-105-106-90-88-104(102-108(106)109(107(105)101-103,91-77-67-49-39-29-19-9)92-78-68-50-40-30-20-10)115-118-112(97-83-73-63-55-45-35-25-15-5,98-84-74-64-56-46-36-26-16-6)113(119-115,99-85-75-65-57-47-37-27-17-7)100-86-76-66-58-48-38-28-18-8/h87-90,101-102H,11-86,91-100H2,1-10H3. The zero-order valence-electron chi connectivity index (χ0n) is 82.6. The van der Waals surface area contributed by atoms with E-state index in [4.69, 9.17) is 18.6 Å². The highest BCUT2D eigenvalue weighted by Crippen LogP contribution is 2.57. The van der Waals surface area contributed by atoms with Crippen LogP contribution in [-0.2, 0) is 24.0 Å². The summed E-state index contributed by atoms with van der Waals surface area (Å²) < 4.78 is 33.6. The zero-order valence-corrected chi connectivity index (χ0v) is 82.6. The zero-order chi connectivity index (χ0) is 85.0. The van der Waals surface area contributed by atoms with Gasteiger partial charge in [0.05, 0.1) is 22.4 Å². The fourth-order valence-corrected chi connectivity index (χ4v) is 22.6. The van der Waals surface area contributed by atoms with E-state index >= 15 is 0 Å². The molecular weight excluding hydrogens is 1440 g/mol. The van der Waals surface area contributed by atoms with Crippen LogP contribution in [0.2, 0.25) is 0 Å². The van der Waals surface area contributed by atoms with E-state index in [1.165, 1.54) is 523 Å². The molecule has 3 aliphatic rings. The first-order valence-corrected chi connectivity index (χ1v) is 55.7. The fraction of sp³-hybridized carbons (Fsp3) is 0.894. The highest BCUT2D eigenvalue weighted by atomic mass is 16.7. The molecule has 2 heterocycles. The van der Waals surface area contributed by atoms with Gasteiger partial charge in [-0.1, -0.05) is 594 Å². The molecule has 0 radical (unpaired) electrons. The van der Waals surface area contributed by atoms with Crippen molar-refractivity contribution in [2.75, 3.05) is 0 Å². The summed E-state index contributed by atoms with van der Waals surface area (Å²) in [5, 5.41) is 0. The van der Waals surface area contributed by atoms with E-state index < -0.39 is 0 Å². The van der Waals surface area contributed by atoms with E-state index in [2.05, 4.69) is 106 Å². The highest BCUT2D eigenvalue weighted by Gasteiger charge is 2.62. The number of benzene rings is 2. The Morgan fingerprint density at radius 2 is 0.303 bits per heavy atom. The van der Waals surface area contributed by atoms with Crippen LogP contribution < -0.4 is 10.9 Å². The maximum Gasteiger partial charge on any atom is 0.494 e. The van der Waals surface area contributed by atoms with Crippen LogP contribution in [0.25, 0.3) is 11.1 Å². The van der Waals surface area contributed by atoms with Crippen LogP contribution in [0.5, 0.6) is 0 Å². The summed E-state index contributed by atoms with van der Waals surface area (Å²) in [6.45, 7) is 23.8. The average Bonchev–Trinajstić information content (AvgIpc) is 1.55. The van der Waals surface area contributed by atoms with E-state index in [0.29, 0.717) is 0 Å². The Kier molecular flexibility index (Phi) is 63.9. The van der Waals surface area contributed by atoms with Gasteiger partial charge < -0.3 is 18.6 Å². The summed E-state index contributed by atoms with van der Waals surface area (Å²) in [4.78, 5) is 0. The Morgan fingerprint density at radius 1 is 0.168 bits per heavy atom. The Labute approximate surface area is 747 Å². The Morgan fingerprint density at radius 3 is 0.454 bits per heavy atom. The number of rotatable bonds is 88. The third kappa shape index (κ3) is 41.2. The van der Waals surface area contributed by atoms with Crippen LogP contribution in [0.4, 0.5) is 0 Å². The second kappa shape index (κ2) is 70.4. The molecule has 5 rings (SSSR count). The Balaban J connectivity index is 1.75. The first kappa shape index (κ1) is 108. The molecule has 0 saturated carbocycles. The van der Waals surface area contributed by atoms with Gasteiger partial charge in [-0.2, -0.15) is 0 Å². The molecule has 2 aromatic rings. The molecule has 690 valence electrons. The summed E-state index contributed by atoms with van der Waals surface area (Å²) in [6, 6.07) is 16.0. The van der Waals surface area contributed by atoms with E-state index in [1.54, 1.807) is 11.1 Å². The van der Waals surface area contributed by atoms with Crippen molar-refractivity contribution in [2.45, 2.75) is 649 Å². The van der Waals surface area contributed by atoms with Crippen molar-refractivity contribution in [3.05, 3.63) is 47.5 Å². The molecule has 0 amide bonds. The Bertz CT molecular complexity index is 2250. The van der Waals surface area contributed by atoms with Crippen LogP contribution in [0.1, 0.15) is 633 Å². The van der Waals surface area contributed by atoms with Gasteiger partial charge in [0.15, 0.2) is 0 Å². The topological polar surface area (TPSA) is 36.9 Å². The molecule has 2 aromatic carbocycles. The summed E-state index contributed by atoms with van der Waals surface area (Å²) in [6.07, 6.45) is 114. The lowest BCUT2D eigenvalue weighted by molar-refractivity contribution is -0.0770. The van der Waals surface area contributed by atoms with Gasteiger partial charge >= 0.3 is 14.2 Å². The first-order valence-electron chi connectivity index (χ1n) is 55.7. The smallest absolute Gasteiger partial charge is 0.399 e. The summed E-state index contributed by atoms with van der Waals surface area (Å²) in [5.74, 6) is 0. The van der Waals surface area contributed by atoms with E-state index in [0.717, 1.165) is 51.4 Å². The lowest BCUT2D eigenvalue weighted by Gasteiger charge is -2.46. The van der Waals surface area contributed by atoms with Gasteiger partial charge in [-0.25, -0.2) is 0 Å². The van der Waals surface area contributed by atoms with Crippen molar-refractivity contribution in [3.8, 4) is 11.1 Å². The molecule has 0 atom stereocenters. The van der Waals surface area contributed by atoms with Crippen molar-refractivity contribution in [1.29, 1.82) is 0 Å². The number of fused-ring (bicyclic) bond motifs is 3. The quantitative estimate of drug-likeness (QED) is 0.0489. The molecular formula is C113H208B2O4. The van der Waals surface area contributed by atoms with Crippen molar-refractivity contribution in [2.24, 2.45) is 0 Å². The third-order valence-corrected chi connectivity index (χ3v) is 30.3. The SMILES string of the molecule is CCCCCCCCCCC1(CCCCCCCCCC)OB(c2ccc3c(c2)C(CCCCCCCC)(CCCCCCCC)c2cc(B4OC(CCCCCCCCCC)(CCCCCCCCCC)C(CCCCCCCCCC)(CCCCCCCCCC)O4)ccc2-3)OC1(CCCCCCCCCC)CCCCCCCCCC. The molecule has 1 aliphatic carbocycles. The maximum atomic E-state index is 8.41. The molecule has 4 nitrogen and oxygen atoms in total. The molecule has 0 spiro atoms. The molecule has 0 N–H and O–H groups in total. The van der Waals surface area contributed by atoms with E-state index in [9.17, 15) is 0 Å². The lowest BCUT2D eigenvalue weighted by atomic mass is 9.67. The molecule has 2 aliphatic heterocycles. The van der Waals surface area contributed by atoms with Crippen LogP contribution in [-0.4, -0.2) is 36.6 Å². The Hall–Kier alpha value is -1.59. The summed E-state index contributed by atoms with van der Waals surface area (Å²) >= 11 is 0. The second-order valence-electron chi connectivity index (χ2n) is 40.6.